The Morgan fingerprint density at radius 1 is 1.17 bits per heavy atom. The fourth-order valence-electron chi connectivity index (χ4n) is 2.17. The molecule has 0 spiro atoms. The first-order valence-corrected chi connectivity index (χ1v) is 7.16. The molecule has 1 aromatic heterocycles. The van der Waals surface area contributed by atoms with Crippen molar-refractivity contribution < 1.29 is 13.7 Å². The summed E-state index contributed by atoms with van der Waals surface area (Å²) in [5, 5.41) is 6.64. The fourth-order valence-corrected chi connectivity index (χ4v) is 2.17. The van der Waals surface area contributed by atoms with Gasteiger partial charge in [-0.05, 0) is 43.3 Å². The molecule has 0 radical (unpaired) electrons. The van der Waals surface area contributed by atoms with Crippen molar-refractivity contribution in [2.75, 3.05) is 6.54 Å². The van der Waals surface area contributed by atoms with Gasteiger partial charge in [0.1, 0.15) is 5.82 Å². The molecule has 0 fully saturated rings. The third-order valence-electron chi connectivity index (χ3n) is 3.27. The third kappa shape index (κ3) is 3.11. The predicted molar refractivity (Wildman–Crippen MR) is 83.1 cm³/mol. The molecule has 1 heterocycles. The van der Waals surface area contributed by atoms with Crippen LogP contribution in [0, 0.1) is 5.82 Å². The van der Waals surface area contributed by atoms with Crippen molar-refractivity contribution in [1.82, 2.24) is 15.5 Å². The zero-order valence-corrected chi connectivity index (χ0v) is 12.4. The molecule has 0 aliphatic carbocycles. The Balaban J connectivity index is 1.98. The van der Waals surface area contributed by atoms with E-state index in [-0.39, 0.29) is 17.6 Å². The van der Waals surface area contributed by atoms with E-state index in [1.807, 2.05) is 6.92 Å². The molecule has 1 amide bonds. The SMILES string of the molecule is CCNC(=O)c1ccccc1-c1nc(-c2ccc(F)cc2)no1. The molecular weight excluding hydrogens is 297 g/mol. The number of nitrogens with one attached hydrogen (secondary N) is 1. The lowest BCUT2D eigenvalue weighted by atomic mass is 10.1. The van der Waals surface area contributed by atoms with E-state index < -0.39 is 0 Å². The third-order valence-corrected chi connectivity index (χ3v) is 3.27. The van der Waals surface area contributed by atoms with Crippen LogP contribution in [-0.2, 0) is 0 Å². The van der Waals surface area contributed by atoms with Gasteiger partial charge in [0, 0.05) is 12.1 Å². The first-order chi connectivity index (χ1) is 11.2. The van der Waals surface area contributed by atoms with Crippen molar-refractivity contribution in [1.29, 1.82) is 0 Å². The molecule has 0 saturated carbocycles. The van der Waals surface area contributed by atoms with Gasteiger partial charge in [0.15, 0.2) is 0 Å². The van der Waals surface area contributed by atoms with Crippen molar-refractivity contribution in [3.05, 3.63) is 59.9 Å². The number of hydrogen-bond acceptors (Lipinski definition) is 4. The Hall–Kier alpha value is -3.02. The van der Waals surface area contributed by atoms with Crippen LogP contribution in [0.4, 0.5) is 4.39 Å². The first-order valence-electron chi connectivity index (χ1n) is 7.16. The van der Waals surface area contributed by atoms with E-state index >= 15 is 0 Å². The molecule has 5 nitrogen and oxygen atoms in total. The zero-order valence-electron chi connectivity index (χ0n) is 12.4. The lowest BCUT2D eigenvalue weighted by Crippen LogP contribution is -2.23. The van der Waals surface area contributed by atoms with E-state index in [2.05, 4.69) is 15.5 Å². The van der Waals surface area contributed by atoms with Crippen LogP contribution in [0.3, 0.4) is 0 Å². The van der Waals surface area contributed by atoms with Crippen LogP contribution < -0.4 is 5.32 Å². The maximum absolute atomic E-state index is 13.0. The van der Waals surface area contributed by atoms with Gasteiger partial charge in [-0.25, -0.2) is 4.39 Å². The molecule has 3 rings (SSSR count). The van der Waals surface area contributed by atoms with Crippen LogP contribution in [0.5, 0.6) is 0 Å². The van der Waals surface area contributed by atoms with Gasteiger partial charge >= 0.3 is 0 Å². The number of carbonyl (C=O) groups is 1. The normalized spacial score (nSPS) is 10.5. The molecule has 23 heavy (non-hydrogen) atoms. The van der Waals surface area contributed by atoms with Crippen LogP contribution in [0.2, 0.25) is 0 Å². The van der Waals surface area contributed by atoms with Crippen molar-refractivity contribution in [2.24, 2.45) is 0 Å². The largest absolute Gasteiger partial charge is 0.352 e. The van der Waals surface area contributed by atoms with E-state index in [4.69, 9.17) is 4.52 Å². The van der Waals surface area contributed by atoms with Crippen LogP contribution in [-0.4, -0.2) is 22.6 Å². The van der Waals surface area contributed by atoms with Crippen molar-refractivity contribution in [3.63, 3.8) is 0 Å². The summed E-state index contributed by atoms with van der Waals surface area (Å²) < 4.78 is 18.2. The quantitative estimate of drug-likeness (QED) is 0.803. The predicted octanol–water partition coefficient (Wildman–Crippen LogP) is 3.29. The highest BCUT2D eigenvalue weighted by Crippen LogP contribution is 2.25. The zero-order chi connectivity index (χ0) is 16.2. The smallest absolute Gasteiger partial charge is 0.259 e. The number of benzene rings is 2. The molecule has 3 aromatic rings. The van der Waals surface area contributed by atoms with E-state index in [1.165, 1.54) is 12.1 Å². The van der Waals surface area contributed by atoms with Gasteiger partial charge in [-0.3, -0.25) is 4.79 Å². The second-order valence-corrected chi connectivity index (χ2v) is 4.84. The number of hydrogen-bond donors (Lipinski definition) is 1. The highest BCUT2D eigenvalue weighted by molar-refractivity contribution is 5.99. The first kappa shape index (κ1) is 14.9. The number of halogens is 1. The topological polar surface area (TPSA) is 68.0 Å². The lowest BCUT2D eigenvalue weighted by Gasteiger charge is -2.05. The second-order valence-electron chi connectivity index (χ2n) is 4.84. The summed E-state index contributed by atoms with van der Waals surface area (Å²) in [6, 6.07) is 12.8. The summed E-state index contributed by atoms with van der Waals surface area (Å²) >= 11 is 0. The molecule has 0 saturated heterocycles. The van der Waals surface area contributed by atoms with E-state index in [0.717, 1.165) is 0 Å². The second kappa shape index (κ2) is 6.39. The maximum atomic E-state index is 13.0. The van der Waals surface area contributed by atoms with Crippen molar-refractivity contribution in [3.8, 4) is 22.8 Å². The van der Waals surface area contributed by atoms with E-state index in [9.17, 15) is 9.18 Å². The Morgan fingerprint density at radius 3 is 2.65 bits per heavy atom. The molecule has 0 aliphatic rings. The van der Waals surface area contributed by atoms with Gasteiger partial charge < -0.3 is 9.84 Å². The number of carbonyl (C=O) groups excluding carboxylic acids is 1. The van der Waals surface area contributed by atoms with Crippen LogP contribution in [0.1, 0.15) is 17.3 Å². The highest BCUT2D eigenvalue weighted by atomic mass is 19.1. The van der Waals surface area contributed by atoms with E-state index in [1.54, 1.807) is 36.4 Å². The highest BCUT2D eigenvalue weighted by Gasteiger charge is 2.17. The molecule has 1 N–H and O–H groups in total. The molecule has 0 bridgehead atoms. The standard InChI is InChI=1S/C17H14FN3O2/c1-2-19-16(22)13-5-3-4-6-14(13)17-20-15(21-23-17)11-7-9-12(18)10-8-11/h3-10H,2H2,1H3,(H,19,22). The Kier molecular flexibility index (Phi) is 4.14. The fraction of sp³-hybridized carbons (Fsp3) is 0.118. The Morgan fingerprint density at radius 2 is 1.91 bits per heavy atom. The van der Waals surface area contributed by atoms with Gasteiger partial charge in [-0.15, -0.1) is 0 Å². The van der Waals surface area contributed by atoms with Crippen LogP contribution in [0.15, 0.2) is 53.1 Å². The molecule has 6 heteroatoms. The van der Waals surface area contributed by atoms with Gasteiger partial charge in [-0.1, -0.05) is 17.3 Å². The number of rotatable bonds is 4. The lowest BCUT2D eigenvalue weighted by molar-refractivity contribution is 0.0956. The average molecular weight is 311 g/mol. The Labute approximate surface area is 132 Å². The van der Waals surface area contributed by atoms with Gasteiger partial charge in [0.2, 0.25) is 5.82 Å². The summed E-state index contributed by atoms with van der Waals surface area (Å²) in [6.07, 6.45) is 0. The van der Waals surface area contributed by atoms with Gasteiger partial charge in [-0.2, -0.15) is 4.98 Å². The maximum Gasteiger partial charge on any atom is 0.259 e. The summed E-state index contributed by atoms with van der Waals surface area (Å²) in [4.78, 5) is 16.4. The van der Waals surface area contributed by atoms with Crippen LogP contribution >= 0.6 is 0 Å². The summed E-state index contributed by atoms with van der Waals surface area (Å²) in [6.45, 7) is 2.37. The minimum atomic E-state index is -0.334. The van der Waals surface area contributed by atoms with Crippen molar-refractivity contribution >= 4 is 5.91 Å². The summed E-state index contributed by atoms with van der Waals surface area (Å²) in [5.41, 5.74) is 1.65. The molecule has 116 valence electrons. The molecule has 0 atom stereocenters. The molecule has 2 aromatic carbocycles. The van der Waals surface area contributed by atoms with Gasteiger partial charge in [0.05, 0.1) is 11.1 Å². The van der Waals surface area contributed by atoms with Crippen molar-refractivity contribution in [2.45, 2.75) is 6.92 Å². The minimum absolute atomic E-state index is 0.204. The van der Waals surface area contributed by atoms with Gasteiger partial charge in [0.25, 0.3) is 11.8 Å². The molecule has 0 aliphatic heterocycles. The minimum Gasteiger partial charge on any atom is -0.352 e. The number of nitrogens with zero attached hydrogens (tertiary/aromatic N) is 2. The Bertz CT molecular complexity index is 828. The molecular formula is C17H14FN3O2. The molecule has 0 unspecified atom stereocenters. The number of aromatic nitrogens is 2. The summed E-state index contributed by atoms with van der Waals surface area (Å²) in [5.74, 6) is 0.0422. The summed E-state index contributed by atoms with van der Waals surface area (Å²) in [7, 11) is 0. The van der Waals surface area contributed by atoms with Crippen LogP contribution in [0.25, 0.3) is 22.8 Å². The average Bonchev–Trinajstić information content (AvgIpc) is 3.05. The van der Waals surface area contributed by atoms with E-state index in [0.29, 0.717) is 29.1 Å². The number of amides is 1. The monoisotopic (exact) mass is 311 g/mol.